The van der Waals surface area contributed by atoms with E-state index in [1.54, 1.807) is 14.2 Å². The van der Waals surface area contributed by atoms with Gasteiger partial charge in [-0.2, -0.15) is 0 Å². The molecule has 0 amide bonds. The molecular formula is C16H28N2O2. The fourth-order valence-corrected chi connectivity index (χ4v) is 2.01. The molecule has 4 nitrogen and oxygen atoms in total. The Morgan fingerprint density at radius 1 is 1.25 bits per heavy atom. The average Bonchev–Trinajstić information content (AvgIpc) is 2.50. The molecule has 114 valence electrons. The van der Waals surface area contributed by atoms with E-state index in [4.69, 9.17) is 9.47 Å². The third-order valence-corrected chi connectivity index (χ3v) is 3.79. The van der Waals surface area contributed by atoms with Gasteiger partial charge < -0.3 is 19.7 Å². The molecule has 1 rings (SSSR count). The summed E-state index contributed by atoms with van der Waals surface area (Å²) in [5.74, 6) is 1.69. The van der Waals surface area contributed by atoms with Gasteiger partial charge in [0.1, 0.15) is 11.5 Å². The molecule has 0 bridgehead atoms. The first kappa shape index (κ1) is 16.8. The summed E-state index contributed by atoms with van der Waals surface area (Å²) in [6.45, 7) is 7.30. The Morgan fingerprint density at radius 3 is 2.60 bits per heavy atom. The highest BCUT2D eigenvalue weighted by Gasteiger charge is 2.07. The molecule has 4 heteroatoms. The predicted molar refractivity (Wildman–Crippen MR) is 83.6 cm³/mol. The van der Waals surface area contributed by atoms with Gasteiger partial charge in [0.05, 0.1) is 14.2 Å². The van der Waals surface area contributed by atoms with Gasteiger partial charge in [-0.1, -0.05) is 13.0 Å². The van der Waals surface area contributed by atoms with Crippen molar-refractivity contribution in [2.24, 2.45) is 0 Å². The third kappa shape index (κ3) is 5.02. The monoisotopic (exact) mass is 280 g/mol. The largest absolute Gasteiger partial charge is 0.497 e. The van der Waals surface area contributed by atoms with Crippen molar-refractivity contribution in [2.45, 2.75) is 32.9 Å². The highest BCUT2D eigenvalue weighted by Crippen LogP contribution is 2.24. The molecule has 0 saturated heterocycles. The minimum Gasteiger partial charge on any atom is -0.497 e. The first-order chi connectivity index (χ1) is 9.62. The second kappa shape index (κ2) is 8.82. The lowest BCUT2D eigenvalue weighted by molar-refractivity contribution is 0.251. The van der Waals surface area contributed by atoms with Crippen molar-refractivity contribution in [3.05, 3.63) is 23.8 Å². The van der Waals surface area contributed by atoms with E-state index < -0.39 is 0 Å². The van der Waals surface area contributed by atoms with E-state index >= 15 is 0 Å². The van der Waals surface area contributed by atoms with Gasteiger partial charge in [0, 0.05) is 37.3 Å². The number of likely N-dealkylation sites (N-methyl/N-ethyl adjacent to an activating group) is 1. The van der Waals surface area contributed by atoms with Crippen LogP contribution in [0, 0.1) is 0 Å². The zero-order valence-corrected chi connectivity index (χ0v) is 13.4. The second-order valence-electron chi connectivity index (χ2n) is 5.09. The van der Waals surface area contributed by atoms with Gasteiger partial charge in [-0.3, -0.25) is 0 Å². The summed E-state index contributed by atoms with van der Waals surface area (Å²) in [7, 11) is 5.52. The van der Waals surface area contributed by atoms with Gasteiger partial charge in [0.25, 0.3) is 0 Å². The van der Waals surface area contributed by atoms with Crippen LogP contribution in [0.5, 0.6) is 11.5 Å². The second-order valence-corrected chi connectivity index (χ2v) is 5.09. The fraction of sp³-hybridized carbons (Fsp3) is 0.625. The van der Waals surface area contributed by atoms with E-state index in [1.807, 2.05) is 18.2 Å². The Labute approximate surface area is 123 Å². The quantitative estimate of drug-likeness (QED) is 0.705. The molecule has 0 heterocycles. The lowest BCUT2D eigenvalue weighted by atomic mass is 10.2. The minimum atomic E-state index is 0.632. The molecule has 0 radical (unpaired) electrons. The molecule has 0 aliphatic heterocycles. The van der Waals surface area contributed by atoms with Crippen molar-refractivity contribution in [2.75, 3.05) is 34.4 Å². The number of methoxy groups -OCH3 is 2. The highest BCUT2D eigenvalue weighted by atomic mass is 16.5. The van der Waals surface area contributed by atoms with Crippen LogP contribution in [0.15, 0.2) is 18.2 Å². The molecule has 1 N–H and O–H groups in total. The Bertz CT molecular complexity index is 396. The number of rotatable bonds is 9. The molecule has 1 unspecified atom stereocenters. The lowest BCUT2D eigenvalue weighted by Crippen LogP contribution is -2.34. The Kier molecular flexibility index (Phi) is 7.41. The molecule has 20 heavy (non-hydrogen) atoms. The van der Waals surface area contributed by atoms with Crippen LogP contribution in [-0.2, 0) is 6.54 Å². The Morgan fingerprint density at radius 2 is 2.00 bits per heavy atom. The highest BCUT2D eigenvalue weighted by molar-refractivity contribution is 5.40. The van der Waals surface area contributed by atoms with E-state index in [9.17, 15) is 0 Å². The number of benzene rings is 1. The van der Waals surface area contributed by atoms with E-state index in [0.29, 0.717) is 6.04 Å². The molecule has 0 aliphatic carbocycles. The number of hydrogen-bond acceptors (Lipinski definition) is 4. The van der Waals surface area contributed by atoms with Crippen LogP contribution >= 0.6 is 0 Å². The smallest absolute Gasteiger partial charge is 0.127 e. The molecule has 1 aromatic rings. The van der Waals surface area contributed by atoms with Crippen molar-refractivity contribution in [1.29, 1.82) is 0 Å². The maximum atomic E-state index is 5.39. The summed E-state index contributed by atoms with van der Waals surface area (Å²) in [5.41, 5.74) is 1.15. The molecule has 0 fully saturated rings. The minimum absolute atomic E-state index is 0.632. The standard InChI is InChI=1S/C16H28N2O2/c1-6-13(2)18(3)10-9-17-12-14-7-8-15(19-4)11-16(14)20-5/h7-8,11,13,17H,6,9-10,12H2,1-5H3. The Hall–Kier alpha value is -1.26. The average molecular weight is 280 g/mol. The SMILES string of the molecule is CCC(C)N(C)CCNCc1ccc(OC)cc1OC. The van der Waals surface area contributed by atoms with Gasteiger partial charge >= 0.3 is 0 Å². The van der Waals surface area contributed by atoms with E-state index in [0.717, 1.165) is 36.7 Å². The summed E-state index contributed by atoms with van der Waals surface area (Å²) < 4.78 is 10.6. The van der Waals surface area contributed by atoms with Crippen molar-refractivity contribution < 1.29 is 9.47 Å². The maximum absolute atomic E-state index is 5.39. The van der Waals surface area contributed by atoms with Crippen molar-refractivity contribution in [3.63, 3.8) is 0 Å². The summed E-state index contributed by atoms with van der Waals surface area (Å²) in [6.07, 6.45) is 1.18. The molecule has 1 aromatic carbocycles. The number of nitrogens with one attached hydrogen (secondary N) is 1. The van der Waals surface area contributed by atoms with Crippen LogP contribution in [0.1, 0.15) is 25.8 Å². The summed E-state index contributed by atoms with van der Waals surface area (Å²) in [5, 5.41) is 3.46. The summed E-state index contributed by atoms with van der Waals surface area (Å²) >= 11 is 0. The molecule has 0 spiro atoms. The van der Waals surface area contributed by atoms with Crippen molar-refractivity contribution >= 4 is 0 Å². The zero-order chi connectivity index (χ0) is 15.0. The lowest BCUT2D eigenvalue weighted by Gasteiger charge is -2.23. The van der Waals surface area contributed by atoms with Crippen LogP contribution in [0.25, 0.3) is 0 Å². The third-order valence-electron chi connectivity index (χ3n) is 3.79. The van der Waals surface area contributed by atoms with Crippen molar-refractivity contribution in [3.8, 4) is 11.5 Å². The van der Waals surface area contributed by atoms with Crippen molar-refractivity contribution in [1.82, 2.24) is 10.2 Å². The summed E-state index contributed by atoms with van der Waals surface area (Å²) in [4.78, 5) is 2.37. The molecule has 0 aromatic heterocycles. The van der Waals surface area contributed by atoms with Crippen LogP contribution in [0.3, 0.4) is 0 Å². The molecule has 0 aliphatic rings. The van der Waals surface area contributed by atoms with Gasteiger partial charge in [-0.15, -0.1) is 0 Å². The normalized spacial score (nSPS) is 12.5. The van der Waals surface area contributed by atoms with E-state index in [-0.39, 0.29) is 0 Å². The van der Waals surface area contributed by atoms with Gasteiger partial charge in [-0.25, -0.2) is 0 Å². The van der Waals surface area contributed by atoms with Crippen LogP contribution in [-0.4, -0.2) is 45.3 Å². The topological polar surface area (TPSA) is 33.7 Å². The maximum Gasteiger partial charge on any atom is 0.127 e. The number of ether oxygens (including phenoxy) is 2. The first-order valence-electron chi connectivity index (χ1n) is 7.24. The number of hydrogen-bond donors (Lipinski definition) is 1. The first-order valence-corrected chi connectivity index (χ1v) is 7.24. The molecule has 0 saturated carbocycles. The van der Waals surface area contributed by atoms with Gasteiger partial charge in [0.15, 0.2) is 0 Å². The number of nitrogens with zero attached hydrogens (tertiary/aromatic N) is 1. The molecular weight excluding hydrogens is 252 g/mol. The van der Waals surface area contributed by atoms with Crippen LogP contribution in [0.2, 0.25) is 0 Å². The van der Waals surface area contributed by atoms with Crippen LogP contribution < -0.4 is 14.8 Å². The fourth-order valence-electron chi connectivity index (χ4n) is 2.01. The van der Waals surface area contributed by atoms with E-state index in [1.165, 1.54) is 6.42 Å². The van der Waals surface area contributed by atoms with E-state index in [2.05, 4.69) is 31.1 Å². The van der Waals surface area contributed by atoms with Gasteiger partial charge in [0.2, 0.25) is 0 Å². The Balaban J connectivity index is 2.42. The molecule has 1 atom stereocenters. The van der Waals surface area contributed by atoms with Gasteiger partial charge in [-0.05, 0) is 26.5 Å². The zero-order valence-electron chi connectivity index (χ0n) is 13.4. The predicted octanol–water partition coefficient (Wildman–Crippen LogP) is 2.52. The summed E-state index contributed by atoms with van der Waals surface area (Å²) in [6, 6.07) is 6.56. The van der Waals surface area contributed by atoms with Crippen LogP contribution in [0.4, 0.5) is 0 Å².